The minimum absolute atomic E-state index is 0.0788. The highest BCUT2D eigenvalue weighted by molar-refractivity contribution is 5.81. The van der Waals surface area contributed by atoms with Gasteiger partial charge in [-0.1, -0.05) is 25.0 Å². The highest BCUT2D eigenvalue weighted by Gasteiger charge is 2.38. The Hall–Kier alpha value is -1.57. The molecule has 1 unspecified atom stereocenters. The molecule has 1 aliphatic rings. The SMILES string of the molecule is O=C(COC1C=CCCCCC1)NCCNC(=O)C(F)(F)F. The second-order valence-electron chi connectivity index (χ2n) is 5.02. The van der Waals surface area contributed by atoms with Crippen LogP contribution in [0, 0.1) is 0 Å². The molecule has 1 atom stereocenters. The molecular formula is C14H21F3N2O3. The molecule has 0 saturated heterocycles. The lowest BCUT2D eigenvalue weighted by molar-refractivity contribution is -0.173. The molecule has 0 aromatic rings. The van der Waals surface area contributed by atoms with E-state index in [4.69, 9.17) is 4.74 Å². The number of carbonyl (C=O) groups is 2. The maximum Gasteiger partial charge on any atom is 0.471 e. The monoisotopic (exact) mass is 322 g/mol. The summed E-state index contributed by atoms with van der Waals surface area (Å²) in [5.41, 5.74) is 0. The molecule has 0 fully saturated rings. The average Bonchev–Trinajstić information content (AvgIpc) is 2.41. The average molecular weight is 322 g/mol. The van der Waals surface area contributed by atoms with Crippen molar-refractivity contribution in [2.45, 2.75) is 44.4 Å². The van der Waals surface area contributed by atoms with Gasteiger partial charge in [0.2, 0.25) is 5.91 Å². The van der Waals surface area contributed by atoms with Gasteiger partial charge in [-0.05, 0) is 19.3 Å². The van der Waals surface area contributed by atoms with Crippen molar-refractivity contribution in [3.8, 4) is 0 Å². The lowest BCUT2D eigenvalue weighted by Gasteiger charge is -2.16. The third-order valence-corrected chi connectivity index (χ3v) is 3.13. The molecule has 22 heavy (non-hydrogen) atoms. The molecule has 0 heterocycles. The number of hydrogen-bond donors (Lipinski definition) is 2. The number of rotatable bonds is 6. The smallest absolute Gasteiger partial charge is 0.364 e. The summed E-state index contributed by atoms with van der Waals surface area (Å²) in [6, 6.07) is 0. The lowest BCUT2D eigenvalue weighted by Crippen LogP contribution is -2.41. The quantitative estimate of drug-likeness (QED) is 0.578. The molecule has 0 bridgehead atoms. The lowest BCUT2D eigenvalue weighted by atomic mass is 10.0. The number of carbonyl (C=O) groups excluding carboxylic acids is 2. The van der Waals surface area contributed by atoms with Crippen LogP contribution in [0.3, 0.4) is 0 Å². The first kappa shape index (κ1) is 18.5. The molecule has 0 aromatic carbocycles. The van der Waals surface area contributed by atoms with Gasteiger partial charge in [0, 0.05) is 13.1 Å². The Morgan fingerprint density at radius 1 is 1.14 bits per heavy atom. The summed E-state index contributed by atoms with van der Waals surface area (Å²) in [5, 5.41) is 4.05. The maximum absolute atomic E-state index is 11.9. The number of amides is 2. The van der Waals surface area contributed by atoms with Crippen LogP contribution in [0.5, 0.6) is 0 Å². The van der Waals surface area contributed by atoms with E-state index in [9.17, 15) is 22.8 Å². The summed E-state index contributed by atoms with van der Waals surface area (Å²) < 4.78 is 41.1. The summed E-state index contributed by atoms with van der Waals surface area (Å²) in [7, 11) is 0. The van der Waals surface area contributed by atoms with Crippen molar-refractivity contribution in [3.63, 3.8) is 0 Å². The first-order valence-corrected chi connectivity index (χ1v) is 7.29. The Morgan fingerprint density at radius 2 is 1.86 bits per heavy atom. The fourth-order valence-corrected chi connectivity index (χ4v) is 1.98. The molecule has 0 aromatic heterocycles. The van der Waals surface area contributed by atoms with E-state index in [0.717, 1.165) is 32.1 Å². The Morgan fingerprint density at radius 3 is 2.59 bits per heavy atom. The molecule has 0 aliphatic heterocycles. The molecule has 126 valence electrons. The molecule has 1 aliphatic carbocycles. The predicted molar refractivity (Wildman–Crippen MR) is 74.0 cm³/mol. The predicted octanol–water partition coefficient (Wildman–Crippen LogP) is 1.69. The number of ether oxygens (including phenoxy) is 1. The minimum Gasteiger partial charge on any atom is -0.364 e. The van der Waals surface area contributed by atoms with Crippen LogP contribution in [-0.4, -0.2) is 43.8 Å². The van der Waals surface area contributed by atoms with Crippen molar-refractivity contribution in [2.24, 2.45) is 0 Å². The number of halogens is 3. The van der Waals surface area contributed by atoms with E-state index >= 15 is 0 Å². The molecule has 8 heteroatoms. The first-order valence-electron chi connectivity index (χ1n) is 7.29. The first-order chi connectivity index (χ1) is 10.4. The van der Waals surface area contributed by atoms with Crippen molar-refractivity contribution in [2.75, 3.05) is 19.7 Å². The minimum atomic E-state index is -4.91. The van der Waals surface area contributed by atoms with Gasteiger partial charge in [-0.2, -0.15) is 13.2 Å². The molecule has 1 rings (SSSR count). The normalized spacial score (nSPS) is 19.1. The van der Waals surface area contributed by atoms with Crippen molar-refractivity contribution >= 4 is 11.8 Å². The highest BCUT2D eigenvalue weighted by atomic mass is 19.4. The fraction of sp³-hybridized carbons (Fsp3) is 0.714. The zero-order valence-corrected chi connectivity index (χ0v) is 12.2. The van der Waals surface area contributed by atoms with Gasteiger partial charge in [-0.3, -0.25) is 9.59 Å². The number of allylic oxidation sites excluding steroid dienone is 1. The van der Waals surface area contributed by atoms with Gasteiger partial charge < -0.3 is 15.4 Å². The Kier molecular flexibility index (Phi) is 7.94. The number of hydrogen-bond acceptors (Lipinski definition) is 3. The summed E-state index contributed by atoms with van der Waals surface area (Å²) in [6.07, 6.45) is 4.16. The molecule has 0 radical (unpaired) electrons. The van der Waals surface area contributed by atoms with E-state index in [1.807, 2.05) is 12.2 Å². The molecule has 2 amide bonds. The Bertz CT molecular complexity index is 397. The molecule has 2 N–H and O–H groups in total. The number of alkyl halides is 3. The van der Waals surface area contributed by atoms with Gasteiger partial charge in [0.25, 0.3) is 0 Å². The van der Waals surface area contributed by atoms with Crippen LogP contribution in [-0.2, 0) is 14.3 Å². The molecular weight excluding hydrogens is 301 g/mol. The van der Waals surface area contributed by atoms with Crippen LogP contribution in [0.1, 0.15) is 32.1 Å². The second kappa shape index (κ2) is 9.45. The van der Waals surface area contributed by atoms with Crippen LogP contribution < -0.4 is 10.6 Å². The zero-order chi connectivity index (χ0) is 16.4. The summed E-state index contributed by atoms with van der Waals surface area (Å²) in [5.74, 6) is -2.44. The van der Waals surface area contributed by atoms with Gasteiger partial charge in [0.05, 0.1) is 6.10 Å². The van der Waals surface area contributed by atoms with Crippen LogP contribution in [0.15, 0.2) is 12.2 Å². The standard InChI is InChI=1S/C14H21F3N2O3/c15-14(16,17)13(21)19-9-8-18-12(20)10-22-11-6-4-2-1-3-5-7-11/h4,6,11H,1-3,5,7-10H2,(H,18,20)(H,19,21). The highest BCUT2D eigenvalue weighted by Crippen LogP contribution is 2.14. The third-order valence-electron chi connectivity index (χ3n) is 3.13. The van der Waals surface area contributed by atoms with Crippen LogP contribution >= 0.6 is 0 Å². The third kappa shape index (κ3) is 8.02. The van der Waals surface area contributed by atoms with E-state index in [1.165, 1.54) is 0 Å². The van der Waals surface area contributed by atoms with Crippen LogP contribution in [0.4, 0.5) is 13.2 Å². The van der Waals surface area contributed by atoms with Gasteiger partial charge >= 0.3 is 12.1 Å². The molecule has 5 nitrogen and oxygen atoms in total. The van der Waals surface area contributed by atoms with Gasteiger partial charge in [0.1, 0.15) is 6.61 Å². The van der Waals surface area contributed by atoms with E-state index in [0.29, 0.717) is 0 Å². The van der Waals surface area contributed by atoms with Gasteiger partial charge in [-0.25, -0.2) is 0 Å². The Labute approximate surface area is 127 Å². The maximum atomic E-state index is 11.9. The number of nitrogens with one attached hydrogen (secondary N) is 2. The van der Waals surface area contributed by atoms with Crippen LogP contribution in [0.25, 0.3) is 0 Å². The summed E-state index contributed by atoms with van der Waals surface area (Å²) in [4.78, 5) is 22.0. The van der Waals surface area contributed by atoms with Crippen LogP contribution in [0.2, 0.25) is 0 Å². The summed E-state index contributed by atoms with van der Waals surface area (Å²) >= 11 is 0. The Balaban J connectivity index is 2.13. The van der Waals surface area contributed by atoms with Crippen molar-refractivity contribution in [1.82, 2.24) is 10.6 Å². The van der Waals surface area contributed by atoms with E-state index in [2.05, 4.69) is 5.32 Å². The van der Waals surface area contributed by atoms with E-state index in [1.54, 1.807) is 5.32 Å². The largest absolute Gasteiger partial charge is 0.471 e. The zero-order valence-electron chi connectivity index (χ0n) is 12.2. The van der Waals surface area contributed by atoms with Crippen molar-refractivity contribution in [3.05, 3.63) is 12.2 Å². The topological polar surface area (TPSA) is 67.4 Å². The summed E-state index contributed by atoms with van der Waals surface area (Å²) in [6.45, 7) is -0.514. The van der Waals surface area contributed by atoms with Crippen molar-refractivity contribution < 1.29 is 27.5 Å². The second-order valence-corrected chi connectivity index (χ2v) is 5.02. The fourth-order valence-electron chi connectivity index (χ4n) is 1.98. The van der Waals surface area contributed by atoms with Gasteiger partial charge in [0.15, 0.2) is 0 Å². The van der Waals surface area contributed by atoms with E-state index < -0.39 is 18.0 Å². The molecule has 0 spiro atoms. The van der Waals surface area contributed by atoms with Gasteiger partial charge in [-0.15, -0.1) is 0 Å². The molecule has 0 saturated carbocycles. The van der Waals surface area contributed by atoms with Crippen molar-refractivity contribution in [1.29, 1.82) is 0 Å². The van der Waals surface area contributed by atoms with E-state index in [-0.39, 0.29) is 25.8 Å².